The largest absolute Gasteiger partial charge is 0.480 e. The lowest BCUT2D eigenvalue weighted by Crippen LogP contribution is -2.47. The molecule has 1 saturated heterocycles. The van der Waals surface area contributed by atoms with Crippen LogP contribution in [0.2, 0.25) is 5.02 Å². The molecule has 0 aromatic heterocycles. The molecule has 1 N–H and O–H groups in total. The number of nitrogens with zero attached hydrogens (tertiary/aromatic N) is 2. The summed E-state index contributed by atoms with van der Waals surface area (Å²) in [6.07, 6.45) is 5.95. The van der Waals surface area contributed by atoms with Crippen LogP contribution in [-0.2, 0) is 4.79 Å². The molecule has 140 valence electrons. The van der Waals surface area contributed by atoms with Gasteiger partial charge in [-0.25, -0.2) is 9.18 Å². The summed E-state index contributed by atoms with van der Waals surface area (Å²) in [6, 6.07) is 5.41. The molecular formula is C20H24ClFN2O2. The van der Waals surface area contributed by atoms with Crippen molar-refractivity contribution in [2.75, 3.05) is 4.90 Å². The zero-order valence-electron chi connectivity index (χ0n) is 14.9. The Morgan fingerprint density at radius 1 is 1.38 bits per heavy atom. The lowest BCUT2D eigenvalue weighted by molar-refractivity contribution is -0.138. The van der Waals surface area contributed by atoms with Crippen molar-refractivity contribution in [2.45, 2.75) is 57.5 Å². The van der Waals surface area contributed by atoms with Crippen LogP contribution in [0.25, 0.3) is 0 Å². The maximum Gasteiger partial charge on any atom is 0.326 e. The average Bonchev–Trinajstić information content (AvgIpc) is 3.01. The summed E-state index contributed by atoms with van der Waals surface area (Å²) in [5, 5.41) is 19.7. The second kappa shape index (κ2) is 7.84. The minimum atomic E-state index is -1.02. The first kappa shape index (κ1) is 19.0. The van der Waals surface area contributed by atoms with E-state index in [1.54, 1.807) is 11.0 Å². The van der Waals surface area contributed by atoms with Gasteiger partial charge in [-0.3, -0.25) is 0 Å². The van der Waals surface area contributed by atoms with Gasteiger partial charge in [-0.15, -0.1) is 0 Å². The number of hydrogen-bond acceptors (Lipinski definition) is 3. The summed E-state index contributed by atoms with van der Waals surface area (Å²) in [4.78, 5) is 13.5. The molecule has 6 heteroatoms. The standard InChI is InChI=1S/C20H24ClFN2O2/c1-12(13-5-3-2-4-6-13)19-14(11-23)9-18(20(25)26)24(19)17-8-7-15(21)10-16(17)22/h7-8,10,12-14,18-19H,2-6,9H2,1H3,(H,25,26). The van der Waals surface area contributed by atoms with E-state index in [0.29, 0.717) is 5.92 Å². The summed E-state index contributed by atoms with van der Waals surface area (Å²) in [5.74, 6) is -1.42. The highest BCUT2D eigenvalue weighted by atomic mass is 35.5. The minimum absolute atomic E-state index is 0.124. The molecule has 1 aromatic carbocycles. The van der Waals surface area contributed by atoms with Crippen molar-refractivity contribution < 1.29 is 14.3 Å². The van der Waals surface area contributed by atoms with Gasteiger partial charge < -0.3 is 10.0 Å². The molecule has 1 aliphatic carbocycles. The molecule has 0 spiro atoms. The highest BCUT2D eigenvalue weighted by Crippen LogP contribution is 2.44. The summed E-state index contributed by atoms with van der Waals surface area (Å²) >= 11 is 5.87. The molecule has 1 aromatic rings. The molecule has 4 nitrogen and oxygen atoms in total. The van der Waals surface area contributed by atoms with Crippen LogP contribution in [0.5, 0.6) is 0 Å². The monoisotopic (exact) mass is 378 g/mol. The molecule has 1 aliphatic heterocycles. The fourth-order valence-corrected chi connectivity index (χ4v) is 4.98. The predicted octanol–water partition coefficient (Wildman–Crippen LogP) is 4.87. The Bertz CT molecular complexity index is 714. The zero-order valence-corrected chi connectivity index (χ0v) is 15.6. The van der Waals surface area contributed by atoms with E-state index >= 15 is 0 Å². The molecule has 2 aliphatic rings. The Morgan fingerprint density at radius 3 is 2.65 bits per heavy atom. The molecule has 3 rings (SSSR count). The Labute approximate surface area is 158 Å². The van der Waals surface area contributed by atoms with Crippen LogP contribution in [0.1, 0.15) is 45.4 Å². The first-order valence-electron chi connectivity index (χ1n) is 9.30. The highest BCUT2D eigenvalue weighted by Gasteiger charge is 2.49. The SMILES string of the molecule is CC(C1CCCCC1)C1C(C#N)CC(C(=O)O)N1c1ccc(Cl)cc1F. The van der Waals surface area contributed by atoms with Crippen LogP contribution in [0, 0.1) is 34.9 Å². The first-order valence-corrected chi connectivity index (χ1v) is 9.67. The van der Waals surface area contributed by atoms with Crippen molar-refractivity contribution in [1.82, 2.24) is 0 Å². The van der Waals surface area contributed by atoms with Crippen LogP contribution in [-0.4, -0.2) is 23.2 Å². The molecule has 4 unspecified atom stereocenters. The van der Waals surface area contributed by atoms with E-state index in [1.165, 1.54) is 18.6 Å². The second-order valence-corrected chi connectivity index (χ2v) is 8.01. The maximum atomic E-state index is 14.6. The smallest absolute Gasteiger partial charge is 0.326 e. The van der Waals surface area contributed by atoms with E-state index in [2.05, 4.69) is 13.0 Å². The van der Waals surface area contributed by atoms with Crippen molar-refractivity contribution in [1.29, 1.82) is 5.26 Å². The van der Waals surface area contributed by atoms with Gasteiger partial charge in [0.05, 0.1) is 17.7 Å². The van der Waals surface area contributed by atoms with Crippen LogP contribution in [0.15, 0.2) is 18.2 Å². The van der Waals surface area contributed by atoms with Crippen LogP contribution >= 0.6 is 11.6 Å². The van der Waals surface area contributed by atoms with Gasteiger partial charge in [-0.1, -0.05) is 50.6 Å². The number of nitriles is 1. The van der Waals surface area contributed by atoms with E-state index in [1.807, 2.05) is 0 Å². The van der Waals surface area contributed by atoms with Gasteiger partial charge in [0.2, 0.25) is 0 Å². The number of anilines is 1. The zero-order chi connectivity index (χ0) is 18.8. The number of benzene rings is 1. The fourth-order valence-electron chi connectivity index (χ4n) is 4.82. The lowest BCUT2D eigenvalue weighted by Gasteiger charge is -2.39. The molecule has 0 radical (unpaired) electrons. The van der Waals surface area contributed by atoms with Crippen LogP contribution in [0.3, 0.4) is 0 Å². The van der Waals surface area contributed by atoms with Gasteiger partial charge in [0.1, 0.15) is 11.9 Å². The van der Waals surface area contributed by atoms with Gasteiger partial charge in [0.15, 0.2) is 0 Å². The van der Waals surface area contributed by atoms with Crippen molar-refractivity contribution in [3.8, 4) is 6.07 Å². The Morgan fingerprint density at radius 2 is 2.08 bits per heavy atom. The number of halogens is 2. The third kappa shape index (κ3) is 3.53. The van der Waals surface area contributed by atoms with E-state index < -0.39 is 23.7 Å². The third-order valence-electron chi connectivity index (χ3n) is 6.12. The van der Waals surface area contributed by atoms with Gasteiger partial charge in [0, 0.05) is 11.1 Å². The summed E-state index contributed by atoms with van der Waals surface area (Å²) in [6.45, 7) is 2.09. The minimum Gasteiger partial charge on any atom is -0.480 e. The molecule has 0 bridgehead atoms. The molecular weight excluding hydrogens is 355 g/mol. The number of carboxylic acids is 1. The van der Waals surface area contributed by atoms with Gasteiger partial charge in [-0.2, -0.15) is 5.26 Å². The number of carboxylic acid groups (broad SMARTS) is 1. The topological polar surface area (TPSA) is 64.3 Å². The summed E-state index contributed by atoms with van der Waals surface area (Å²) in [5.41, 5.74) is 0.229. The van der Waals surface area contributed by atoms with Gasteiger partial charge in [-0.05, 0) is 36.5 Å². The predicted molar refractivity (Wildman–Crippen MR) is 98.6 cm³/mol. The molecule has 0 amide bonds. The quantitative estimate of drug-likeness (QED) is 0.811. The first-order chi connectivity index (χ1) is 12.4. The van der Waals surface area contributed by atoms with Crippen molar-refractivity contribution in [3.05, 3.63) is 29.0 Å². The Balaban J connectivity index is 2.01. The summed E-state index contributed by atoms with van der Waals surface area (Å²) in [7, 11) is 0. The van der Waals surface area contributed by atoms with Crippen LogP contribution in [0.4, 0.5) is 10.1 Å². The molecule has 26 heavy (non-hydrogen) atoms. The number of rotatable bonds is 4. The number of aliphatic carboxylic acids is 1. The van der Waals surface area contributed by atoms with Gasteiger partial charge in [0.25, 0.3) is 0 Å². The fraction of sp³-hybridized carbons (Fsp3) is 0.600. The average molecular weight is 379 g/mol. The van der Waals surface area contributed by atoms with Crippen molar-refractivity contribution in [3.63, 3.8) is 0 Å². The molecule has 2 fully saturated rings. The van der Waals surface area contributed by atoms with E-state index in [-0.39, 0.29) is 29.1 Å². The Hall–Kier alpha value is -1.80. The third-order valence-corrected chi connectivity index (χ3v) is 6.35. The number of hydrogen-bond donors (Lipinski definition) is 1. The summed E-state index contributed by atoms with van der Waals surface area (Å²) < 4.78 is 14.6. The molecule has 4 atom stereocenters. The maximum absolute atomic E-state index is 14.6. The lowest BCUT2D eigenvalue weighted by atomic mass is 9.75. The van der Waals surface area contributed by atoms with E-state index in [4.69, 9.17) is 11.6 Å². The number of carbonyl (C=O) groups is 1. The van der Waals surface area contributed by atoms with Crippen molar-refractivity contribution in [2.24, 2.45) is 17.8 Å². The van der Waals surface area contributed by atoms with Crippen molar-refractivity contribution >= 4 is 23.3 Å². The van der Waals surface area contributed by atoms with E-state index in [0.717, 1.165) is 25.7 Å². The van der Waals surface area contributed by atoms with Gasteiger partial charge >= 0.3 is 5.97 Å². The molecule has 1 saturated carbocycles. The Kier molecular flexibility index (Phi) is 5.72. The highest BCUT2D eigenvalue weighted by molar-refractivity contribution is 6.30. The normalized spacial score (nSPS) is 27.9. The second-order valence-electron chi connectivity index (χ2n) is 7.58. The van der Waals surface area contributed by atoms with Crippen LogP contribution < -0.4 is 4.90 Å². The van der Waals surface area contributed by atoms with E-state index in [9.17, 15) is 19.6 Å². The molecule has 1 heterocycles.